The molecule has 0 spiro atoms. The van der Waals surface area contributed by atoms with Crippen molar-refractivity contribution in [2.45, 2.75) is 12.5 Å². The fraction of sp³-hybridized carbons (Fsp3) is 0.167. The fourth-order valence-electron chi connectivity index (χ4n) is 1.69. The van der Waals surface area contributed by atoms with Crippen LogP contribution in [0.4, 0.5) is 8.78 Å². The molecule has 1 heterocycles. The van der Waals surface area contributed by atoms with E-state index in [4.69, 9.17) is 5.84 Å². The first-order chi connectivity index (χ1) is 8.20. The lowest BCUT2D eigenvalue weighted by Gasteiger charge is -2.16. The summed E-state index contributed by atoms with van der Waals surface area (Å²) in [6.45, 7) is 0. The molecule has 0 aliphatic rings. The largest absolute Gasteiger partial charge is 0.271 e. The highest BCUT2D eigenvalue weighted by Crippen LogP contribution is 2.22. The van der Waals surface area contributed by atoms with Gasteiger partial charge in [0.05, 0.1) is 6.04 Å². The van der Waals surface area contributed by atoms with E-state index in [1.807, 2.05) is 16.8 Å². The van der Waals surface area contributed by atoms with E-state index >= 15 is 0 Å². The number of nitrogens with one attached hydrogen (secondary N) is 1. The molecule has 90 valence electrons. The van der Waals surface area contributed by atoms with Gasteiger partial charge in [0.25, 0.3) is 0 Å². The molecule has 1 unspecified atom stereocenters. The van der Waals surface area contributed by atoms with Gasteiger partial charge in [0.1, 0.15) is 11.6 Å². The molecule has 2 aromatic rings. The van der Waals surface area contributed by atoms with E-state index in [9.17, 15) is 8.78 Å². The van der Waals surface area contributed by atoms with Crippen LogP contribution < -0.4 is 11.3 Å². The fourth-order valence-corrected chi connectivity index (χ4v) is 2.37. The van der Waals surface area contributed by atoms with E-state index in [0.29, 0.717) is 12.0 Å². The first-order valence-electron chi connectivity index (χ1n) is 5.13. The minimum atomic E-state index is -0.586. The van der Waals surface area contributed by atoms with Crippen LogP contribution in [0.3, 0.4) is 0 Å². The van der Waals surface area contributed by atoms with Gasteiger partial charge in [0, 0.05) is 11.6 Å². The zero-order valence-electron chi connectivity index (χ0n) is 8.99. The SMILES string of the molecule is NNC(Cc1ccsc1)c1ccc(F)cc1F. The Bertz CT molecular complexity index is 485. The molecule has 17 heavy (non-hydrogen) atoms. The van der Waals surface area contributed by atoms with Crippen molar-refractivity contribution in [2.75, 3.05) is 0 Å². The van der Waals surface area contributed by atoms with Gasteiger partial charge in [0.2, 0.25) is 0 Å². The Hall–Kier alpha value is -1.30. The summed E-state index contributed by atoms with van der Waals surface area (Å²) in [5, 5.41) is 3.93. The van der Waals surface area contributed by atoms with E-state index in [1.165, 1.54) is 12.1 Å². The number of thiophene rings is 1. The van der Waals surface area contributed by atoms with E-state index in [2.05, 4.69) is 5.43 Å². The highest BCUT2D eigenvalue weighted by Gasteiger charge is 2.15. The lowest BCUT2D eigenvalue weighted by Crippen LogP contribution is -2.30. The van der Waals surface area contributed by atoms with Crippen LogP contribution in [0.1, 0.15) is 17.2 Å². The van der Waals surface area contributed by atoms with Crippen molar-refractivity contribution in [3.63, 3.8) is 0 Å². The van der Waals surface area contributed by atoms with E-state index < -0.39 is 11.6 Å². The Labute approximate surface area is 102 Å². The molecular weight excluding hydrogens is 242 g/mol. The second kappa shape index (κ2) is 5.35. The van der Waals surface area contributed by atoms with Crippen LogP contribution in [-0.2, 0) is 6.42 Å². The van der Waals surface area contributed by atoms with Crippen molar-refractivity contribution >= 4 is 11.3 Å². The predicted octanol–water partition coefficient (Wildman–Crippen LogP) is 2.77. The van der Waals surface area contributed by atoms with E-state index in [1.54, 1.807) is 11.3 Å². The Morgan fingerprint density at radius 1 is 1.29 bits per heavy atom. The number of nitrogens with two attached hydrogens (primary N) is 1. The average molecular weight is 254 g/mol. The van der Waals surface area contributed by atoms with Crippen molar-refractivity contribution in [3.8, 4) is 0 Å². The second-order valence-corrected chi connectivity index (χ2v) is 4.50. The quantitative estimate of drug-likeness (QED) is 0.650. The molecule has 2 nitrogen and oxygen atoms in total. The molecule has 0 saturated carbocycles. The van der Waals surface area contributed by atoms with E-state index in [-0.39, 0.29) is 6.04 Å². The Morgan fingerprint density at radius 2 is 2.12 bits per heavy atom. The molecule has 0 saturated heterocycles. The van der Waals surface area contributed by atoms with Gasteiger partial charge in [-0.15, -0.1) is 0 Å². The van der Waals surface area contributed by atoms with Crippen molar-refractivity contribution in [2.24, 2.45) is 5.84 Å². The lowest BCUT2D eigenvalue weighted by atomic mass is 10.0. The van der Waals surface area contributed by atoms with Gasteiger partial charge in [-0.3, -0.25) is 11.3 Å². The molecule has 0 bridgehead atoms. The van der Waals surface area contributed by atoms with Gasteiger partial charge in [-0.05, 0) is 34.9 Å². The molecule has 0 radical (unpaired) electrons. The molecule has 0 aliphatic carbocycles. The third-order valence-electron chi connectivity index (χ3n) is 2.56. The summed E-state index contributed by atoms with van der Waals surface area (Å²) >= 11 is 1.57. The number of hydrogen-bond acceptors (Lipinski definition) is 3. The maximum absolute atomic E-state index is 13.6. The molecule has 1 atom stereocenters. The van der Waals surface area contributed by atoms with Crippen LogP contribution in [0.25, 0.3) is 0 Å². The highest BCUT2D eigenvalue weighted by atomic mass is 32.1. The summed E-state index contributed by atoms with van der Waals surface area (Å²) in [5.41, 5.74) is 4.01. The lowest BCUT2D eigenvalue weighted by molar-refractivity contribution is 0.503. The maximum Gasteiger partial charge on any atom is 0.130 e. The molecule has 3 N–H and O–H groups in total. The normalized spacial score (nSPS) is 12.6. The molecule has 1 aromatic carbocycles. The summed E-state index contributed by atoms with van der Waals surface area (Å²) in [4.78, 5) is 0. The Morgan fingerprint density at radius 3 is 2.71 bits per heavy atom. The minimum Gasteiger partial charge on any atom is -0.271 e. The number of rotatable bonds is 4. The van der Waals surface area contributed by atoms with Crippen LogP contribution in [-0.4, -0.2) is 0 Å². The Kier molecular flexibility index (Phi) is 3.83. The number of hydrogen-bond donors (Lipinski definition) is 2. The van der Waals surface area contributed by atoms with Gasteiger partial charge >= 0.3 is 0 Å². The molecule has 0 amide bonds. The van der Waals surface area contributed by atoms with Crippen LogP contribution in [0.15, 0.2) is 35.0 Å². The standard InChI is InChI=1S/C12H12F2N2S/c13-9-1-2-10(11(14)6-9)12(16-15)5-8-3-4-17-7-8/h1-4,6-7,12,16H,5,15H2. The van der Waals surface area contributed by atoms with Crippen LogP contribution in [0, 0.1) is 11.6 Å². The van der Waals surface area contributed by atoms with Gasteiger partial charge < -0.3 is 0 Å². The maximum atomic E-state index is 13.6. The topological polar surface area (TPSA) is 38.0 Å². The average Bonchev–Trinajstić information content (AvgIpc) is 2.79. The monoisotopic (exact) mass is 254 g/mol. The van der Waals surface area contributed by atoms with Gasteiger partial charge in [0.15, 0.2) is 0 Å². The predicted molar refractivity (Wildman–Crippen MR) is 64.4 cm³/mol. The zero-order valence-corrected chi connectivity index (χ0v) is 9.81. The number of benzene rings is 1. The summed E-state index contributed by atoms with van der Waals surface area (Å²) in [7, 11) is 0. The molecule has 5 heteroatoms. The molecule has 0 fully saturated rings. The minimum absolute atomic E-state index is 0.356. The number of hydrazine groups is 1. The summed E-state index contributed by atoms with van der Waals surface area (Å²) in [6.07, 6.45) is 0.572. The first kappa shape index (κ1) is 12.2. The highest BCUT2D eigenvalue weighted by molar-refractivity contribution is 7.07. The third kappa shape index (κ3) is 2.88. The van der Waals surface area contributed by atoms with Crippen molar-refractivity contribution in [1.82, 2.24) is 5.43 Å². The molecule has 0 aliphatic heterocycles. The molecule has 2 rings (SSSR count). The molecule has 1 aromatic heterocycles. The van der Waals surface area contributed by atoms with Gasteiger partial charge in [-0.2, -0.15) is 11.3 Å². The smallest absolute Gasteiger partial charge is 0.130 e. The van der Waals surface area contributed by atoms with Crippen LogP contribution in [0.5, 0.6) is 0 Å². The van der Waals surface area contributed by atoms with Crippen LogP contribution >= 0.6 is 11.3 Å². The van der Waals surface area contributed by atoms with E-state index in [0.717, 1.165) is 11.6 Å². The zero-order chi connectivity index (χ0) is 12.3. The Balaban J connectivity index is 2.23. The van der Waals surface area contributed by atoms with Gasteiger partial charge in [-0.1, -0.05) is 6.07 Å². The van der Waals surface area contributed by atoms with Crippen molar-refractivity contribution in [3.05, 3.63) is 57.8 Å². The summed E-state index contributed by atoms with van der Waals surface area (Å²) < 4.78 is 26.4. The molecular formula is C12H12F2N2S. The van der Waals surface area contributed by atoms with Crippen LogP contribution in [0.2, 0.25) is 0 Å². The van der Waals surface area contributed by atoms with Crippen molar-refractivity contribution in [1.29, 1.82) is 0 Å². The second-order valence-electron chi connectivity index (χ2n) is 3.72. The third-order valence-corrected chi connectivity index (χ3v) is 3.29. The van der Waals surface area contributed by atoms with Gasteiger partial charge in [-0.25, -0.2) is 8.78 Å². The first-order valence-corrected chi connectivity index (χ1v) is 6.07. The summed E-state index contributed by atoms with van der Waals surface area (Å²) in [5.74, 6) is 4.26. The van der Waals surface area contributed by atoms with Crippen molar-refractivity contribution < 1.29 is 8.78 Å². The summed E-state index contributed by atoms with van der Waals surface area (Å²) in [6, 6.07) is 5.12. The number of halogens is 2.